The Balaban J connectivity index is 1.46. The van der Waals surface area contributed by atoms with Crippen LogP contribution in [0.15, 0.2) is 24.5 Å². The molecule has 0 saturated carbocycles. The molecule has 4 rings (SSSR count). The number of hydrogen-bond donors (Lipinski definition) is 0. The lowest BCUT2D eigenvalue weighted by Crippen LogP contribution is -2.26. The number of benzene rings is 1. The summed E-state index contributed by atoms with van der Waals surface area (Å²) in [5, 5.41) is 8.11. The average molecular weight is 272 g/mol. The zero-order valence-electron chi connectivity index (χ0n) is 11.2. The Morgan fingerprint density at radius 3 is 3.05 bits per heavy atom. The Hall–Kier alpha value is -2.08. The quantitative estimate of drug-likeness (QED) is 0.818. The van der Waals surface area contributed by atoms with Crippen LogP contribution in [0.3, 0.4) is 0 Å². The molecule has 0 amide bonds. The van der Waals surface area contributed by atoms with Crippen molar-refractivity contribution in [2.45, 2.75) is 19.5 Å². The topological polar surface area (TPSA) is 52.4 Å². The Kier molecular flexibility index (Phi) is 2.81. The number of hydrogen-bond acceptors (Lipinski definition) is 5. The van der Waals surface area contributed by atoms with Crippen molar-refractivity contribution >= 4 is 0 Å². The van der Waals surface area contributed by atoms with Gasteiger partial charge in [-0.15, -0.1) is 10.2 Å². The van der Waals surface area contributed by atoms with Gasteiger partial charge >= 0.3 is 0 Å². The van der Waals surface area contributed by atoms with E-state index in [0.29, 0.717) is 6.79 Å². The van der Waals surface area contributed by atoms with Gasteiger partial charge in [0.05, 0.1) is 0 Å². The standard InChI is InChI=1S/C14H16N4O2/c1-2-12-13(20-10-19-12)7-11(1)8-17-4-3-14-16-15-9-18(14)6-5-17/h1-2,7,9H,3-6,8,10H2. The van der Waals surface area contributed by atoms with E-state index in [1.54, 1.807) is 0 Å². The molecule has 0 saturated heterocycles. The highest BCUT2D eigenvalue weighted by atomic mass is 16.7. The van der Waals surface area contributed by atoms with Crippen LogP contribution in [-0.2, 0) is 19.5 Å². The lowest BCUT2D eigenvalue weighted by Gasteiger charge is -2.19. The predicted octanol–water partition coefficient (Wildman–Crippen LogP) is 1.07. The summed E-state index contributed by atoms with van der Waals surface area (Å²) in [6.45, 7) is 4.23. The molecule has 2 aliphatic rings. The fourth-order valence-electron chi connectivity index (χ4n) is 2.73. The summed E-state index contributed by atoms with van der Waals surface area (Å²) in [4.78, 5) is 2.44. The van der Waals surface area contributed by atoms with Crippen molar-refractivity contribution < 1.29 is 9.47 Å². The maximum atomic E-state index is 5.43. The molecule has 0 bridgehead atoms. The first kappa shape index (κ1) is 11.7. The smallest absolute Gasteiger partial charge is 0.231 e. The van der Waals surface area contributed by atoms with Crippen LogP contribution < -0.4 is 9.47 Å². The van der Waals surface area contributed by atoms with Gasteiger partial charge in [0.15, 0.2) is 11.5 Å². The second kappa shape index (κ2) is 4.79. The lowest BCUT2D eigenvalue weighted by molar-refractivity contribution is 0.174. The van der Waals surface area contributed by atoms with Crippen LogP contribution in [0, 0.1) is 0 Å². The van der Waals surface area contributed by atoms with Crippen molar-refractivity contribution in [2.24, 2.45) is 0 Å². The van der Waals surface area contributed by atoms with E-state index < -0.39 is 0 Å². The fraction of sp³-hybridized carbons (Fsp3) is 0.429. The van der Waals surface area contributed by atoms with Crippen molar-refractivity contribution in [3.63, 3.8) is 0 Å². The number of fused-ring (bicyclic) bond motifs is 2. The van der Waals surface area contributed by atoms with Crippen molar-refractivity contribution in [1.29, 1.82) is 0 Å². The third-order valence-corrected chi connectivity index (χ3v) is 3.85. The molecular weight excluding hydrogens is 256 g/mol. The molecule has 0 fully saturated rings. The van der Waals surface area contributed by atoms with Crippen molar-refractivity contribution in [3.8, 4) is 11.5 Å². The molecule has 20 heavy (non-hydrogen) atoms. The monoisotopic (exact) mass is 272 g/mol. The molecule has 6 heteroatoms. The van der Waals surface area contributed by atoms with Crippen molar-refractivity contribution in [1.82, 2.24) is 19.7 Å². The van der Waals surface area contributed by atoms with Crippen LogP contribution in [0.4, 0.5) is 0 Å². The van der Waals surface area contributed by atoms with E-state index in [0.717, 1.165) is 49.9 Å². The normalized spacial score (nSPS) is 17.8. The number of rotatable bonds is 2. The molecule has 1 aromatic carbocycles. The maximum absolute atomic E-state index is 5.43. The van der Waals surface area contributed by atoms with Gasteiger partial charge in [0.1, 0.15) is 12.2 Å². The summed E-state index contributed by atoms with van der Waals surface area (Å²) in [5.41, 5.74) is 1.26. The SMILES string of the molecule is c1cc2c(cc1CN1CCc3nncn3CC1)OCO2. The largest absolute Gasteiger partial charge is 0.454 e. The summed E-state index contributed by atoms with van der Waals surface area (Å²) < 4.78 is 12.9. The van der Waals surface area contributed by atoms with Gasteiger partial charge in [0.25, 0.3) is 0 Å². The van der Waals surface area contributed by atoms with Crippen LogP contribution in [0.2, 0.25) is 0 Å². The highest BCUT2D eigenvalue weighted by molar-refractivity contribution is 5.44. The van der Waals surface area contributed by atoms with Gasteiger partial charge in [-0.05, 0) is 17.7 Å². The van der Waals surface area contributed by atoms with Gasteiger partial charge < -0.3 is 14.0 Å². The summed E-state index contributed by atoms with van der Waals surface area (Å²) >= 11 is 0. The Morgan fingerprint density at radius 1 is 1.10 bits per heavy atom. The van der Waals surface area contributed by atoms with Crippen LogP contribution in [0.25, 0.3) is 0 Å². The second-order valence-electron chi connectivity index (χ2n) is 5.15. The molecule has 0 radical (unpaired) electrons. The van der Waals surface area contributed by atoms with Gasteiger partial charge in [0, 0.05) is 32.6 Å². The number of ether oxygens (including phenoxy) is 2. The van der Waals surface area contributed by atoms with E-state index in [1.165, 1.54) is 5.56 Å². The van der Waals surface area contributed by atoms with E-state index in [-0.39, 0.29) is 0 Å². The molecule has 6 nitrogen and oxygen atoms in total. The molecule has 0 N–H and O–H groups in total. The van der Waals surface area contributed by atoms with E-state index in [9.17, 15) is 0 Å². The van der Waals surface area contributed by atoms with Crippen LogP contribution in [-0.4, -0.2) is 39.5 Å². The van der Waals surface area contributed by atoms with Gasteiger partial charge in [-0.1, -0.05) is 6.07 Å². The molecule has 0 atom stereocenters. The molecule has 2 aromatic rings. The third kappa shape index (κ3) is 2.12. The summed E-state index contributed by atoms with van der Waals surface area (Å²) in [7, 11) is 0. The van der Waals surface area contributed by atoms with Gasteiger partial charge in [-0.25, -0.2) is 0 Å². The first-order valence-electron chi connectivity index (χ1n) is 6.86. The van der Waals surface area contributed by atoms with Crippen molar-refractivity contribution in [3.05, 3.63) is 35.9 Å². The molecule has 104 valence electrons. The predicted molar refractivity (Wildman–Crippen MR) is 71.6 cm³/mol. The minimum absolute atomic E-state index is 0.330. The van der Waals surface area contributed by atoms with E-state index in [2.05, 4.69) is 31.8 Å². The third-order valence-electron chi connectivity index (χ3n) is 3.85. The summed E-state index contributed by atoms with van der Waals surface area (Å²) in [6, 6.07) is 6.18. The molecule has 3 heterocycles. The Morgan fingerprint density at radius 2 is 2.05 bits per heavy atom. The average Bonchev–Trinajstić information content (AvgIpc) is 3.06. The minimum Gasteiger partial charge on any atom is -0.454 e. The van der Waals surface area contributed by atoms with Gasteiger partial charge in [0.2, 0.25) is 6.79 Å². The Labute approximate surface area is 116 Å². The first-order valence-corrected chi connectivity index (χ1v) is 6.86. The molecule has 2 aliphatic heterocycles. The fourth-order valence-corrected chi connectivity index (χ4v) is 2.73. The van der Waals surface area contributed by atoms with Gasteiger partial charge in [-0.3, -0.25) is 4.90 Å². The summed E-state index contributed by atoms with van der Waals surface area (Å²) in [6.07, 6.45) is 2.77. The van der Waals surface area contributed by atoms with Crippen molar-refractivity contribution in [2.75, 3.05) is 19.9 Å². The second-order valence-corrected chi connectivity index (χ2v) is 5.15. The number of aromatic nitrogens is 3. The minimum atomic E-state index is 0.330. The Bertz CT molecular complexity index is 603. The molecular formula is C14H16N4O2. The highest BCUT2D eigenvalue weighted by Gasteiger charge is 2.17. The maximum Gasteiger partial charge on any atom is 0.231 e. The highest BCUT2D eigenvalue weighted by Crippen LogP contribution is 2.32. The number of nitrogens with zero attached hydrogens (tertiary/aromatic N) is 4. The van der Waals surface area contributed by atoms with Gasteiger partial charge in [-0.2, -0.15) is 0 Å². The first-order chi connectivity index (χ1) is 9.88. The molecule has 0 spiro atoms. The van der Waals surface area contributed by atoms with Crippen LogP contribution in [0.5, 0.6) is 11.5 Å². The van der Waals surface area contributed by atoms with Crippen LogP contribution in [0.1, 0.15) is 11.4 Å². The molecule has 0 aliphatic carbocycles. The zero-order chi connectivity index (χ0) is 13.4. The van der Waals surface area contributed by atoms with E-state index >= 15 is 0 Å². The zero-order valence-corrected chi connectivity index (χ0v) is 11.2. The molecule has 0 unspecified atom stereocenters. The van der Waals surface area contributed by atoms with E-state index in [4.69, 9.17) is 9.47 Å². The lowest BCUT2D eigenvalue weighted by atomic mass is 10.2. The molecule has 1 aromatic heterocycles. The van der Waals surface area contributed by atoms with E-state index in [1.807, 2.05) is 12.4 Å². The van der Waals surface area contributed by atoms with Crippen LogP contribution >= 0.6 is 0 Å². The summed E-state index contributed by atoms with van der Waals surface area (Å²) in [5.74, 6) is 2.78.